The molecule has 4 nitrogen and oxygen atoms in total. The first-order valence-corrected chi connectivity index (χ1v) is 5.74. The monoisotopic (exact) mass is 224 g/mol. The van der Waals surface area contributed by atoms with Crippen molar-refractivity contribution in [2.45, 2.75) is 20.3 Å². The summed E-state index contributed by atoms with van der Waals surface area (Å²) in [6, 6.07) is 3.70. The van der Waals surface area contributed by atoms with Gasteiger partial charge in [0.2, 0.25) is 5.91 Å². The van der Waals surface area contributed by atoms with Gasteiger partial charge in [0, 0.05) is 26.1 Å². The minimum Gasteiger partial charge on any atom is -0.469 e. The third-order valence-electron chi connectivity index (χ3n) is 2.74. The molecule has 0 aliphatic carbocycles. The van der Waals surface area contributed by atoms with Crippen molar-refractivity contribution >= 4 is 5.91 Å². The molecule has 16 heavy (non-hydrogen) atoms. The standard InChI is InChI=1S/C12H20N2O2/c1-3-14(4-2)12(15)10(9-13)8-11-6-5-7-16-11/h5-7,10H,3-4,8-9,13H2,1-2H3. The van der Waals surface area contributed by atoms with Crippen molar-refractivity contribution in [1.82, 2.24) is 4.90 Å². The minimum absolute atomic E-state index is 0.115. The van der Waals surface area contributed by atoms with Crippen molar-refractivity contribution in [2.24, 2.45) is 11.7 Å². The SMILES string of the molecule is CCN(CC)C(=O)C(CN)Cc1ccco1. The van der Waals surface area contributed by atoms with E-state index in [0.717, 1.165) is 18.8 Å². The lowest BCUT2D eigenvalue weighted by molar-refractivity contribution is -0.134. The highest BCUT2D eigenvalue weighted by Crippen LogP contribution is 2.11. The molecule has 1 amide bonds. The predicted molar refractivity (Wildman–Crippen MR) is 62.9 cm³/mol. The highest BCUT2D eigenvalue weighted by atomic mass is 16.3. The van der Waals surface area contributed by atoms with Gasteiger partial charge in [-0.2, -0.15) is 0 Å². The number of nitrogens with two attached hydrogens (primary N) is 1. The quantitative estimate of drug-likeness (QED) is 0.791. The van der Waals surface area contributed by atoms with Crippen LogP contribution in [0.1, 0.15) is 19.6 Å². The van der Waals surface area contributed by atoms with Gasteiger partial charge in [-0.15, -0.1) is 0 Å². The Morgan fingerprint density at radius 3 is 2.62 bits per heavy atom. The van der Waals surface area contributed by atoms with Gasteiger partial charge in [0.25, 0.3) is 0 Å². The second kappa shape index (κ2) is 6.33. The van der Waals surface area contributed by atoms with Crippen molar-refractivity contribution in [3.05, 3.63) is 24.2 Å². The van der Waals surface area contributed by atoms with E-state index in [2.05, 4.69) is 0 Å². The van der Waals surface area contributed by atoms with Crippen LogP contribution in [0.5, 0.6) is 0 Å². The summed E-state index contributed by atoms with van der Waals surface area (Å²) in [6.45, 7) is 5.76. The van der Waals surface area contributed by atoms with Gasteiger partial charge in [-0.1, -0.05) is 0 Å². The number of furan rings is 1. The van der Waals surface area contributed by atoms with Crippen LogP contribution in [0.25, 0.3) is 0 Å². The smallest absolute Gasteiger partial charge is 0.227 e. The average Bonchev–Trinajstić information content (AvgIpc) is 2.80. The number of nitrogens with zero attached hydrogens (tertiary/aromatic N) is 1. The lowest BCUT2D eigenvalue weighted by atomic mass is 10.0. The molecule has 4 heteroatoms. The van der Waals surface area contributed by atoms with Crippen LogP contribution < -0.4 is 5.73 Å². The second-order valence-corrected chi connectivity index (χ2v) is 3.73. The average molecular weight is 224 g/mol. The third kappa shape index (κ3) is 3.10. The molecule has 1 heterocycles. The van der Waals surface area contributed by atoms with Crippen LogP contribution in [0.15, 0.2) is 22.8 Å². The molecule has 2 N–H and O–H groups in total. The molecular formula is C12H20N2O2. The van der Waals surface area contributed by atoms with Crippen LogP contribution >= 0.6 is 0 Å². The maximum atomic E-state index is 12.1. The summed E-state index contributed by atoms with van der Waals surface area (Å²) >= 11 is 0. The third-order valence-corrected chi connectivity index (χ3v) is 2.74. The van der Waals surface area contributed by atoms with Crippen LogP contribution in [0.3, 0.4) is 0 Å². The highest BCUT2D eigenvalue weighted by molar-refractivity contribution is 5.79. The van der Waals surface area contributed by atoms with Crippen molar-refractivity contribution in [3.8, 4) is 0 Å². The molecule has 1 unspecified atom stereocenters. The highest BCUT2D eigenvalue weighted by Gasteiger charge is 2.22. The molecule has 0 bridgehead atoms. The Hall–Kier alpha value is -1.29. The van der Waals surface area contributed by atoms with Gasteiger partial charge in [0.15, 0.2) is 0 Å². The molecule has 0 radical (unpaired) electrons. The Labute approximate surface area is 96.4 Å². The Morgan fingerprint density at radius 1 is 1.50 bits per heavy atom. The van der Waals surface area contributed by atoms with Gasteiger partial charge in [-0.3, -0.25) is 4.79 Å². The van der Waals surface area contributed by atoms with Crippen molar-refractivity contribution in [3.63, 3.8) is 0 Å². The molecule has 0 spiro atoms. The van der Waals surface area contributed by atoms with Gasteiger partial charge in [0.05, 0.1) is 12.2 Å². The summed E-state index contributed by atoms with van der Waals surface area (Å²) in [4.78, 5) is 13.9. The molecule has 1 rings (SSSR count). The molecule has 90 valence electrons. The van der Waals surface area contributed by atoms with Gasteiger partial charge in [0.1, 0.15) is 5.76 Å². The first-order valence-electron chi connectivity index (χ1n) is 5.74. The molecule has 0 saturated heterocycles. The molecule has 1 aromatic heterocycles. The summed E-state index contributed by atoms with van der Waals surface area (Å²) in [5.74, 6) is 0.755. The number of carbonyl (C=O) groups is 1. The van der Waals surface area contributed by atoms with Crippen molar-refractivity contribution in [1.29, 1.82) is 0 Å². The van der Waals surface area contributed by atoms with Gasteiger partial charge in [-0.05, 0) is 26.0 Å². The summed E-state index contributed by atoms with van der Waals surface area (Å²) < 4.78 is 5.24. The van der Waals surface area contributed by atoms with Crippen LogP contribution in [0.4, 0.5) is 0 Å². The molecule has 0 fully saturated rings. The number of carbonyl (C=O) groups excluding carboxylic acids is 1. The first kappa shape index (κ1) is 12.8. The van der Waals surface area contributed by atoms with Crippen LogP contribution in [-0.2, 0) is 11.2 Å². The Balaban J connectivity index is 2.63. The first-order chi connectivity index (χ1) is 7.72. The van der Waals surface area contributed by atoms with Gasteiger partial charge >= 0.3 is 0 Å². The molecular weight excluding hydrogens is 204 g/mol. The molecule has 1 atom stereocenters. The van der Waals surface area contributed by atoms with Gasteiger partial charge in [-0.25, -0.2) is 0 Å². The van der Waals surface area contributed by atoms with E-state index in [1.54, 1.807) is 11.2 Å². The summed E-state index contributed by atoms with van der Waals surface area (Å²) in [6.07, 6.45) is 2.20. The zero-order chi connectivity index (χ0) is 12.0. The molecule has 0 aromatic carbocycles. The fourth-order valence-electron chi connectivity index (χ4n) is 1.74. The Morgan fingerprint density at radius 2 is 2.19 bits per heavy atom. The second-order valence-electron chi connectivity index (χ2n) is 3.73. The number of hydrogen-bond donors (Lipinski definition) is 1. The van der Waals surface area contributed by atoms with E-state index < -0.39 is 0 Å². The van der Waals surface area contributed by atoms with Crippen molar-refractivity contribution in [2.75, 3.05) is 19.6 Å². The van der Waals surface area contributed by atoms with E-state index in [9.17, 15) is 4.79 Å². The number of hydrogen-bond acceptors (Lipinski definition) is 3. The van der Waals surface area contributed by atoms with Crippen molar-refractivity contribution < 1.29 is 9.21 Å². The fourth-order valence-corrected chi connectivity index (χ4v) is 1.74. The van der Waals surface area contributed by atoms with E-state index in [4.69, 9.17) is 10.2 Å². The Bertz CT molecular complexity index is 305. The van der Waals surface area contributed by atoms with E-state index in [0.29, 0.717) is 13.0 Å². The maximum absolute atomic E-state index is 12.1. The summed E-state index contributed by atoms with van der Waals surface area (Å²) in [5, 5.41) is 0. The zero-order valence-corrected chi connectivity index (χ0v) is 9.98. The number of amides is 1. The fraction of sp³-hybridized carbons (Fsp3) is 0.583. The summed E-state index contributed by atoms with van der Waals surface area (Å²) in [7, 11) is 0. The van der Waals surface area contributed by atoms with Crippen LogP contribution in [-0.4, -0.2) is 30.4 Å². The molecule has 0 aliphatic rings. The lowest BCUT2D eigenvalue weighted by Gasteiger charge is -2.23. The maximum Gasteiger partial charge on any atom is 0.227 e. The zero-order valence-electron chi connectivity index (χ0n) is 9.98. The molecule has 0 aliphatic heterocycles. The topological polar surface area (TPSA) is 59.5 Å². The van der Waals surface area contributed by atoms with E-state index in [-0.39, 0.29) is 11.8 Å². The molecule has 0 saturated carbocycles. The van der Waals surface area contributed by atoms with E-state index >= 15 is 0 Å². The van der Waals surface area contributed by atoms with Crippen LogP contribution in [0.2, 0.25) is 0 Å². The normalized spacial score (nSPS) is 12.4. The largest absolute Gasteiger partial charge is 0.469 e. The predicted octanol–water partition coefficient (Wildman–Crippen LogP) is 1.27. The summed E-state index contributed by atoms with van der Waals surface area (Å²) in [5.41, 5.74) is 5.65. The minimum atomic E-state index is -0.175. The molecule has 1 aromatic rings. The van der Waals surface area contributed by atoms with E-state index in [1.807, 2.05) is 26.0 Å². The van der Waals surface area contributed by atoms with Gasteiger partial charge < -0.3 is 15.1 Å². The lowest BCUT2D eigenvalue weighted by Crippen LogP contribution is -2.39. The Kier molecular flexibility index (Phi) is 5.05. The van der Waals surface area contributed by atoms with E-state index in [1.165, 1.54) is 0 Å². The van der Waals surface area contributed by atoms with Crippen LogP contribution in [0, 0.1) is 5.92 Å². The number of rotatable bonds is 6.